The van der Waals surface area contributed by atoms with Gasteiger partial charge in [-0.2, -0.15) is 21.6 Å². The first-order chi connectivity index (χ1) is 11.7. The Balaban J connectivity index is 2.44. The lowest BCUT2D eigenvalue weighted by molar-refractivity contribution is -0.137. The van der Waals surface area contributed by atoms with Crippen molar-refractivity contribution in [2.45, 2.75) is 22.9 Å². The number of hydrogen-bond acceptors (Lipinski definition) is 5. The summed E-state index contributed by atoms with van der Waals surface area (Å²) in [5.74, 6) is 0. The van der Waals surface area contributed by atoms with Crippen LogP contribution in [0.4, 0.5) is 24.5 Å². The minimum atomic E-state index is -4.83. The van der Waals surface area contributed by atoms with Crippen LogP contribution in [0.15, 0.2) is 46.2 Å². The van der Waals surface area contributed by atoms with Gasteiger partial charge in [-0.15, -0.1) is 0 Å². The lowest BCUT2D eigenvalue weighted by Gasteiger charge is -2.14. The van der Waals surface area contributed by atoms with Gasteiger partial charge in [0.2, 0.25) is 0 Å². The zero-order valence-corrected chi connectivity index (χ0v) is 14.7. The van der Waals surface area contributed by atoms with E-state index in [1.54, 1.807) is 0 Å². The molecule has 2 rings (SSSR count). The Bertz CT molecular complexity index is 1060. The molecular weight excluding hydrogens is 397 g/mol. The molecule has 0 aromatic heterocycles. The molecule has 0 amide bonds. The maximum Gasteiger partial charge on any atom is 0.418 e. The molecule has 2 aromatic rings. The van der Waals surface area contributed by atoms with E-state index in [2.05, 4.69) is 4.72 Å². The zero-order valence-electron chi connectivity index (χ0n) is 13.1. The van der Waals surface area contributed by atoms with Gasteiger partial charge in [0.15, 0.2) is 0 Å². The number of nitrogens with one attached hydrogen (secondary N) is 1. The first kappa shape index (κ1) is 20.0. The van der Waals surface area contributed by atoms with Crippen LogP contribution in [0.1, 0.15) is 11.1 Å². The smallest absolute Gasteiger partial charge is 0.398 e. The summed E-state index contributed by atoms with van der Waals surface area (Å²) in [5, 5.41) is 0. The molecule has 0 aliphatic heterocycles. The molecule has 0 atom stereocenters. The molecule has 0 fully saturated rings. The fourth-order valence-corrected chi connectivity index (χ4v) is 3.79. The summed E-state index contributed by atoms with van der Waals surface area (Å²) in [4.78, 5) is -1.12. The van der Waals surface area contributed by atoms with Crippen LogP contribution < -0.4 is 10.5 Å². The molecular formula is C14H13F3N2O5S2. The topological polar surface area (TPSA) is 127 Å². The Hall–Kier alpha value is -2.31. The van der Waals surface area contributed by atoms with Crippen molar-refractivity contribution in [2.24, 2.45) is 0 Å². The van der Waals surface area contributed by atoms with E-state index in [1.807, 2.05) is 0 Å². The number of halogens is 3. The monoisotopic (exact) mass is 410 g/mol. The van der Waals surface area contributed by atoms with E-state index in [4.69, 9.17) is 10.3 Å². The van der Waals surface area contributed by atoms with Crippen molar-refractivity contribution in [3.05, 3.63) is 47.5 Å². The van der Waals surface area contributed by atoms with Gasteiger partial charge in [0.25, 0.3) is 20.1 Å². The predicted molar refractivity (Wildman–Crippen MR) is 87.7 cm³/mol. The van der Waals surface area contributed by atoms with Crippen LogP contribution in [0.25, 0.3) is 0 Å². The molecule has 0 radical (unpaired) electrons. The van der Waals surface area contributed by atoms with Crippen molar-refractivity contribution < 1.29 is 34.6 Å². The van der Waals surface area contributed by atoms with E-state index in [0.29, 0.717) is 6.07 Å². The molecule has 0 unspecified atom stereocenters. The molecule has 0 saturated heterocycles. The molecule has 0 aliphatic carbocycles. The van der Waals surface area contributed by atoms with Crippen LogP contribution in [0.5, 0.6) is 0 Å². The molecule has 4 N–H and O–H groups in total. The highest BCUT2D eigenvalue weighted by molar-refractivity contribution is 7.92. The number of nitrogen functional groups attached to an aromatic ring is 1. The van der Waals surface area contributed by atoms with Gasteiger partial charge in [0, 0.05) is 5.69 Å². The lowest BCUT2D eigenvalue weighted by atomic mass is 10.2. The number of hydrogen-bond donors (Lipinski definition) is 3. The van der Waals surface area contributed by atoms with Gasteiger partial charge in [0.1, 0.15) is 0 Å². The van der Waals surface area contributed by atoms with Gasteiger partial charge >= 0.3 is 6.18 Å². The summed E-state index contributed by atoms with van der Waals surface area (Å²) < 4.78 is 96.5. The average Bonchev–Trinajstić information content (AvgIpc) is 2.47. The molecule has 0 aliphatic rings. The van der Waals surface area contributed by atoms with Gasteiger partial charge in [-0.3, -0.25) is 9.27 Å². The Kier molecular flexibility index (Phi) is 4.96. The number of alkyl halides is 3. The molecule has 12 heteroatoms. The number of benzene rings is 2. The summed E-state index contributed by atoms with van der Waals surface area (Å²) in [7, 11) is -8.88. The molecule has 0 saturated carbocycles. The molecule has 0 bridgehead atoms. The third kappa shape index (κ3) is 4.26. The highest BCUT2D eigenvalue weighted by atomic mass is 32.2. The van der Waals surface area contributed by atoms with E-state index in [0.717, 1.165) is 30.3 Å². The maximum atomic E-state index is 12.9. The van der Waals surface area contributed by atoms with Gasteiger partial charge < -0.3 is 5.73 Å². The summed E-state index contributed by atoms with van der Waals surface area (Å²) in [6.45, 7) is 1.36. The Morgan fingerprint density at radius 2 is 1.58 bits per heavy atom. The summed E-state index contributed by atoms with van der Waals surface area (Å²) >= 11 is 0. The average molecular weight is 410 g/mol. The SMILES string of the molecule is Cc1cc(S(=O)(=O)O)ccc1NS(=O)(=O)c1ccc(N)c(C(F)(F)F)c1. The Labute approximate surface area is 147 Å². The first-order valence-corrected chi connectivity index (χ1v) is 9.72. The van der Waals surface area contributed by atoms with Gasteiger partial charge in [-0.05, 0) is 48.9 Å². The van der Waals surface area contributed by atoms with E-state index >= 15 is 0 Å². The Morgan fingerprint density at radius 3 is 2.08 bits per heavy atom. The normalized spacial score (nSPS) is 12.8. The minimum Gasteiger partial charge on any atom is -0.398 e. The lowest BCUT2D eigenvalue weighted by Crippen LogP contribution is -2.16. The Morgan fingerprint density at radius 1 is 1.00 bits per heavy atom. The van der Waals surface area contributed by atoms with Gasteiger partial charge in [-0.1, -0.05) is 0 Å². The quantitative estimate of drug-likeness (QED) is 0.525. The third-order valence-corrected chi connectivity index (χ3v) is 5.59. The maximum absolute atomic E-state index is 12.9. The van der Waals surface area contributed by atoms with Crippen LogP contribution >= 0.6 is 0 Å². The fourth-order valence-electron chi connectivity index (χ4n) is 2.06. The van der Waals surface area contributed by atoms with Crippen LogP contribution in [-0.4, -0.2) is 21.4 Å². The fraction of sp³-hybridized carbons (Fsp3) is 0.143. The van der Waals surface area contributed by atoms with Gasteiger partial charge in [0.05, 0.1) is 21.0 Å². The van der Waals surface area contributed by atoms with Crippen LogP contribution in [0.3, 0.4) is 0 Å². The number of sulfonamides is 1. The second kappa shape index (κ2) is 6.45. The van der Waals surface area contributed by atoms with Crippen molar-refractivity contribution in [1.29, 1.82) is 0 Å². The third-order valence-electron chi connectivity index (χ3n) is 3.38. The molecule has 26 heavy (non-hydrogen) atoms. The van der Waals surface area contributed by atoms with Crippen molar-refractivity contribution >= 4 is 31.5 Å². The number of anilines is 2. The minimum absolute atomic E-state index is 0.0669. The predicted octanol–water partition coefficient (Wildman–Crippen LogP) is 2.64. The summed E-state index contributed by atoms with van der Waals surface area (Å²) in [6, 6.07) is 5.17. The van der Waals surface area contributed by atoms with Crippen LogP contribution in [-0.2, 0) is 26.3 Å². The first-order valence-electron chi connectivity index (χ1n) is 6.79. The van der Waals surface area contributed by atoms with E-state index in [-0.39, 0.29) is 11.3 Å². The van der Waals surface area contributed by atoms with Crippen molar-refractivity contribution in [3.8, 4) is 0 Å². The standard InChI is InChI=1S/C14H13F3N2O5S2/c1-8-6-10(26(22,23)24)3-5-13(8)19-25(20,21)9-2-4-12(18)11(7-9)14(15,16)17/h2-7,19H,18H2,1H3,(H,22,23,24). The number of aryl methyl sites for hydroxylation is 1. The molecule has 0 heterocycles. The number of nitrogens with two attached hydrogens (primary N) is 1. The molecule has 2 aromatic carbocycles. The van der Waals surface area contributed by atoms with E-state index in [1.165, 1.54) is 6.92 Å². The van der Waals surface area contributed by atoms with Crippen molar-refractivity contribution in [1.82, 2.24) is 0 Å². The second-order valence-corrected chi connectivity index (χ2v) is 8.41. The number of rotatable bonds is 4. The van der Waals surface area contributed by atoms with Crippen LogP contribution in [0.2, 0.25) is 0 Å². The molecule has 142 valence electrons. The van der Waals surface area contributed by atoms with E-state index < -0.39 is 47.4 Å². The molecule has 7 nitrogen and oxygen atoms in total. The molecule has 0 spiro atoms. The summed E-state index contributed by atoms with van der Waals surface area (Å²) in [6.07, 6.45) is -4.83. The highest BCUT2D eigenvalue weighted by Gasteiger charge is 2.34. The van der Waals surface area contributed by atoms with E-state index in [9.17, 15) is 30.0 Å². The summed E-state index contributed by atoms with van der Waals surface area (Å²) in [5.41, 5.74) is 3.39. The van der Waals surface area contributed by atoms with Crippen molar-refractivity contribution in [3.63, 3.8) is 0 Å². The second-order valence-electron chi connectivity index (χ2n) is 5.30. The van der Waals surface area contributed by atoms with Gasteiger partial charge in [-0.25, -0.2) is 8.42 Å². The highest BCUT2D eigenvalue weighted by Crippen LogP contribution is 2.35. The largest absolute Gasteiger partial charge is 0.418 e. The van der Waals surface area contributed by atoms with Crippen LogP contribution in [0, 0.1) is 6.92 Å². The zero-order chi connectivity index (χ0) is 19.9. The van der Waals surface area contributed by atoms with Crippen molar-refractivity contribution in [2.75, 3.05) is 10.5 Å².